The van der Waals surface area contributed by atoms with Crippen LogP contribution in [0.15, 0.2) is 0 Å². The molecule has 2 fully saturated rings. The number of methoxy groups -OCH3 is 1. The van der Waals surface area contributed by atoms with Gasteiger partial charge < -0.3 is 15.4 Å². The van der Waals surface area contributed by atoms with Crippen LogP contribution in [0.1, 0.15) is 58.3 Å². The highest BCUT2D eigenvalue weighted by Gasteiger charge is 2.39. The van der Waals surface area contributed by atoms with Gasteiger partial charge in [0.25, 0.3) is 0 Å². The van der Waals surface area contributed by atoms with Gasteiger partial charge in [-0.25, -0.2) is 0 Å². The van der Waals surface area contributed by atoms with Crippen molar-refractivity contribution in [2.75, 3.05) is 13.7 Å². The molecule has 0 atom stereocenters. The van der Waals surface area contributed by atoms with Gasteiger partial charge in [0.2, 0.25) is 5.91 Å². The Morgan fingerprint density at radius 2 is 1.84 bits per heavy atom. The van der Waals surface area contributed by atoms with Gasteiger partial charge in [-0.2, -0.15) is 0 Å². The van der Waals surface area contributed by atoms with E-state index in [1.54, 1.807) is 7.11 Å². The van der Waals surface area contributed by atoms with Gasteiger partial charge in [-0.1, -0.05) is 6.92 Å². The third-order valence-corrected chi connectivity index (χ3v) is 4.77. The molecule has 4 nitrogen and oxygen atoms in total. The van der Waals surface area contributed by atoms with E-state index in [2.05, 4.69) is 17.6 Å². The highest BCUT2D eigenvalue weighted by Crippen LogP contribution is 2.38. The maximum Gasteiger partial charge on any atom is 0.223 e. The van der Waals surface area contributed by atoms with Crippen LogP contribution in [0.4, 0.5) is 0 Å². The molecule has 4 heteroatoms. The number of ether oxygens (including phenoxy) is 1. The van der Waals surface area contributed by atoms with E-state index in [1.807, 2.05) is 0 Å². The lowest BCUT2D eigenvalue weighted by molar-refractivity contribution is -0.135. The third kappa shape index (κ3) is 3.93. The molecule has 2 aliphatic rings. The van der Waals surface area contributed by atoms with Crippen molar-refractivity contribution in [3.05, 3.63) is 0 Å². The summed E-state index contributed by atoms with van der Waals surface area (Å²) in [6.45, 7) is 3.19. The molecule has 0 aromatic rings. The summed E-state index contributed by atoms with van der Waals surface area (Å²) in [6.07, 6.45) is 8.34. The molecule has 0 bridgehead atoms. The molecule has 2 aliphatic carbocycles. The SMILES string of the molecule is CCNC1CCC(NC(=O)CC2(OC)CCC2)CC1. The van der Waals surface area contributed by atoms with E-state index in [1.165, 1.54) is 19.3 Å². The van der Waals surface area contributed by atoms with Crippen LogP contribution in [0.25, 0.3) is 0 Å². The summed E-state index contributed by atoms with van der Waals surface area (Å²) in [7, 11) is 1.73. The summed E-state index contributed by atoms with van der Waals surface area (Å²) in [4.78, 5) is 12.1. The topological polar surface area (TPSA) is 50.4 Å². The van der Waals surface area contributed by atoms with Crippen molar-refractivity contribution in [2.45, 2.75) is 76.0 Å². The van der Waals surface area contributed by atoms with E-state index in [-0.39, 0.29) is 11.5 Å². The lowest BCUT2D eigenvalue weighted by Gasteiger charge is -2.40. The predicted octanol–water partition coefficient (Wildman–Crippen LogP) is 1.98. The highest BCUT2D eigenvalue weighted by atomic mass is 16.5. The fourth-order valence-electron chi connectivity index (χ4n) is 3.33. The molecule has 19 heavy (non-hydrogen) atoms. The standard InChI is InChI=1S/C15H28N2O2/c1-3-16-12-5-7-13(8-6-12)17-14(18)11-15(19-2)9-4-10-15/h12-13,16H,3-11H2,1-2H3,(H,17,18). The lowest BCUT2D eigenvalue weighted by Crippen LogP contribution is -2.47. The molecule has 1 amide bonds. The number of hydrogen-bond acceptors (Lipinski definition) is 3. The van der Waals surface area contributed by atoms with Crippen molar-refractivity contribution >= 4 is 5.91 Å². The van der Waals surface area contributed by atoms with Crippen molar-refractivity contribution in [2.24, 2.45) is 0 Å². The second-order valence-electron chi connectivity index (χ2n) is 6.09. The number of rotatable bonds is 6. The van der Waals surface area contributed by atoms with Crippen LogP contribution in [-0.4, -0.2) is 37.2 Å². The Hall–Kier alpha value is -0.610. The number of hydrogen-bond donors (Lipinski definition) is 2. The third-order valence-electron chi connectivity index (χ3n) is 4.77. The first-order chi connectivity index (χ1) is 9.17. The summed E-state index contributed by atoms with van der Waals surface area (Å²) in [5.74, 6) is 0.174. The lowest BCUT2D eigenvalue weighted by atomic mass is 9.77. The Balaban J connectivity index is 1.69. The zero-order valence-electron chi connectivity index (χ0n) is 12.3. The van der Waals surface area contributed by atoms with Gasteiger partial charge in [0.05, 0.1) is 12.0 Å². The molecule has 0 aliphatic heterocycles. The quantitative estimate of drug-likeness (QED) is 0.774. The zero-order valence-corrected chi connectivity index (χ0v) is 12.3. The highest BCUT2D eigenvalue weighted by molar-refractivity contribution is 5.77. The van der Waals surface area contributed by atoms with Crippen molar-refractivity contribution < 1.29 is 9.53 Å². The average molecular weight is 268 g/mol. The molecule has 0 saturated heterocycles. The zero-order chi connectivity index (χ0) is 13.7. The second-order valence-corrected chi connectivity index (χ2v) is 6.09. The van der Waals surface area contributed by atoms with E-state index >= 15 is 0 Å². The first kappa shape index (κ1) is 14.8. The predicted molar refractivity (Wildman–Crippen MR) is 76.1 cm³/mol. The monoisotopic (exact) mass is 268 g/mol. The summed E-state index contributed by atoms with van der Waals surface area (Å²) in [5.41, 5.74) is -0.148. The van der Waals surface area contributed by atoms with Gasteiger partial charge in [-0.3, -0.25) is 4.79 Å². The van der Waals surface area contributed by atoms with Crippen LogP contribution in [0.2, 0.25) is 0 Å². The first-order valence-electron chi connectivity index (χ1n) is 7.75. The molecule has 0 radical (unpaired) electrons. The van der Waals surface area contributed by atoms with Crippen molar-refractivity contribution in [1.29, 1.82) is 0 Å². The molecular formula is C15H28N2O2. The maximum atomic E-state index is 12.1. The summed E-state index contributed by atoms with van der Waals surface area (Å²) >= 11 is 0. The Bertz CT molecular complexity index is 289. The molecule has 2 saturated carbocycles. The second kappa shape index (κ2) is 6.71. The molecular weight excluding hydrogens is 240 g/mol. The molecule has 0 aromatic carbocycles. The van der Waals surface area contributed by atoms with Crippen LogP contribution >= 0.6 is 0 Å². The number of carbonyl (C=O) groups excluding carboxylic acids is 1. The molecule has 110 valence electrons. The molecule has 0 unspecified atom stereocenters. The fraction of sp³-hybridized carbons (Fsp3) is 0.933. The Morgan fingerprint density at radius 3 is 2.32 bits per heavy atom. The summed E-state index contributed by atoms with van der Waals surface area (Å²) in [6, 6.07) is 1.02. The van der Waals surface area contributed by atoms with E-state index in [4.69, 9.17) is 4.74 Å². The van der Waals surface area contributed by atoms with Gasteiger partial charge in [-0.15, -0.1) is 0 Å². The Kier molecular flexibility index (Phi) is 5.22. The smallest absolute Gasteiger partial charge is 0.223 e. The fourth-order valence-corrected chi connectivity index (χ4v) is 3.33. The molecule has 2 N–H and O–H groups in total. The Labute approximate surface area is 116 Å². The molecule has 0 heterocycles. The minimum atomic E-state index is -0.148. The van der Waals surface area contributed by atoms with Gasteiger partial charge >= 0.3 is 0 Å². The van der Waals surface area contributed by atoms with Crippen molar-refractivity contribution in [3.8, 4) is 0 Å². The molecule has 2 rings (SSSR count). The minimum absolute atomic E-state index is 0.148. The number of nitrogens with one attached hydrogen (secondary N) is 2. The summed E-state index contributed by atoms with van der Waals surface area (Å²) < 4.78 is 5.51. The first-order valence-corrected chi connectivity index (χ1v) is 7.75. The minimum Gasteiger partial charge on any atom is -0.378 e. The maximum absolute atomic E-state index is 12.1. The molecule has 0 aromatic heterocycles. The van der Waals surface area contributed by atoms with Gasteiger partial charge in [0.15, 0.2) is 0 Å². The van der Waals surface area contributed by atoms with E-state index in [0.29, 0.717) is 18.5 Å². The van der Waals surface area contributed by atoms with Crippen LogP contribution in [0.3, 0.4) is 0 Å². The van der Waals surface area contributed by atoms with Crippen molar-refractivity contribution in [3.63, 3.8) is 0 Å². The Morgan fingerprint density at radius 1 is 1.21 bits per heavy atom. The average Bonchev–Trinajstić information content (AvgIpc) is 2.37. The van der Waals surface area contributed by atoms with Crippen LogP contribution in [-0.2, 0) is 9.53 Å². The van der Waals surface area contributed by atoms with E-state index in [0.717, 1.165) is 32.2 Å². The normalized spacial score (nSPS) is 29.6. The van der Waals surface area contributed by atoms with E-state index < -0.39 is 0 Å². The molecule has 0 spiro atoms. The van der Waals surface area contributed by atoms with Gasteiger partial charge in [-0.05, 0) is 51.5 Å². The van der Waals surface area contributed by atoms with Gasteiger partial charge in [0, 0.05) is 19.2 Å². The van der Waals surface area contributed by atoms with Crippen LogP contribution in [0.5, 0.6) is 0 Å². The van der Waals surface area contributed by atoms with Gasteiger partial charge in [0.1, 0.15) is 0 Å². The van der Waals surface area contributed by atoms with E-state index in [9.17, 15) is 4.79 Å². The number of carbonyl (C=O) groups is 1. The number of amides is 1. The van der Waals surface area contributed by atoms with Crippen LogP contribution in [0, 0.1) is 0 Å². The largest absolute Gasteiger partial charge is 0.378 e. The van der Waals surface area contributed by atoms with Crippen molar-refractivity contribution in [1.82, 2.24) is 10.6 Å². The summed E-state index contributed by atoms with van der Waals surface area (Å²) in [5, 5.41) is 6.68. The van der Waals surface area contributed by atoms with Crippen LogP contribution < -0.4 is 10.6 Å².